The number of sulfonamides is 1. The first-order valence-electron chi connectivity index (χ1n) is 16.9. The van der Waals surface area contributed by atoms with E-state index < -0.39 is 28.5 Å². The van der Waals surface area contributed by atoms with Gasteiger partial charge in [0, 0.05) is 19.5 Å². The molecule has 250 valence electrons. The second-order valence-corrected chi connectivity index (χ2v) is 15.9. The molecule has 4 aliphatic carbocycles. The van der Waals surface area contributed by atoms with Gasteiger partial charge in [-0.1, -0.05) is 54.6 Å². The van der Waals surface area contributed by atoms with Gasteiger partial charge in [0.1, 0.15) is 18.3 Å². The molecule has 0 spiro atoms. The van der Waals surface area contributed by atoms with Gasteiger partial charge in [0.15, 0.2) is 0 Å². The Morgan fingerprint density at radius 2 is 1.51 bits per heavy atom. The number of amides is 2. The number of rotatable bonds is 13. The van der Waals surface area contributed by atoms with Gasteiger partial charge in [-0.05, 0) is 110 Å². The summed E-state index contributed by atoms with van der Waals surface area (Å²) in [6, 6.07) is 23.9. The molecule has 0 radical (unpaired) electrons. The lowest BCUT2D eigenvalue weighted by atomic mass is 9.48. The molecule has 1 N–H and O–H groups in total. The van der Waals surface area contributed by atoms with E-state index in [0.29, 0.717) is 18.0 Å². The fraction of sp³-hybridized carbons (Fsp3) is 0.474. The van der Waals surface area contributed by atoms with Gasteiger partial charge in [0.25, 0.3) is 0 Å². The summed E-state index contributed by atoms with van der Waals surface area (Å²) < 4.78 is 33.2. The van der Waals surface area contributed by atoms with Crippen LogP contribution in [0.3, 0.4) is 0 Å². The van der Waals surface area contributed by atoms with Crippen LogP contribution in [-0.4, -0.2) is 57.6 Å². The first-order chi connectivity index (χ1) is 22.6. The highest BCUT2D eigenvalue weighted by Gasteiger charge is 2.51. The number of anilines is 1. The molecule has 0 saturated heterocycles. The van der Waals surface area contributed by atoms with Gasteiger partial charge in [-0.15, -0.1) is 0 Å². The lowest BCUT2D eigenvalue weighted by molar-refractivity contribution is -0.140. The third-order valence-electron chi connectivity index (χ3n) is 10.6. The molecule has 4 aliphatic rings. The van der Waals surface area contributed by atoms with Gasteiger partial charge >= 0.3 is 0 Å². The van der Waals surface area contributed by atoms with Crippen LogP contribution in [0.5, 0.6) is 5.75 Å². The molecule has 4 bridgehead atoms. The van der Waals surface area contributed by atoms with Crippen LogP contribution in [0.15, 0.2) is 78.9 Å². The van der Waals surface area contributed by atoms with Crippen molar-refractivity contribution in [2.24, 2.45) is 17.8 Å². The van der Waals surface area contributed by atoms with Crippen LogP contribution in [0.25, 0.3) is 0 Å². The SMILES string of the molecule is CCNC(=O)[C@@H](Cc1ccccc1)N(Cc1cccc(OC)c1)C(=O)CN(c1ccc(C23CC4CC(CC(C4)C2)C3)cc1)S(C)(=O)=O. The van der Waals surface area contributed by atoms with Crippen molar-refractivity contribution in [1.29, 1.82) is 0 Å². The zero-order chi connectivity index (χ0) is 33.2. The Kier molecular flexibility index (Phi) is 9.65. The molecule has 4 fully saturated rings. The van der Waals surface area contributed by atoms with E-state index in [4.69, 9.17) is 4.74 Å². The lowest BCUT2D eigenvalue weighted by Gasteiger charge is -2.57. The molecular weight excluding hydrogens is 611 g/mol. The van der Waals surface area contributed by atoms with Crippen LogP contribution < -0.4 is 14.4 Å². The Bertz CT molecular complexity index is 1640. The van der Waals surface area contributed by atoms with Crippen LogP contribution in [0.4, 0.5) is 5.69 Å². The average Bonchev–Trinajstić information content (AvgIpc) is 3.05. The van der Waals surface area contributed by atoms with Crippen molar-refractivity contribution < 1.29 is 22.7 Å². The fourth-order valence-corrected chi connectivity index (χ4v) is 9.72. The van der Waals surface area contributed by atoms with E-state index in [1.165, 1.54) is 53.3 Å². The molecule has 8 nitrogen and oxygen atoms in total. The maximum Gasteiger partial charge on any atom is 0.244 e. The zero-order valence-electron chi connectivity index (χ0n) is 27.7. The molecule has 0 aromatic heterocycles. The van der Waals surface area contributed by atoms with Gasteiger partial charge in [-0.2, -0.15) is 0 Å². The molecule has 3 aromatic carbocycles. The summed E-state index contributed by atoms with van der Waals surface area (Å²) in [5, 5.41) is 2.90. The normalized spacial score (nSPS) is 23.6. The Morgan fingerprint density at radius 1 is 0.894 bits per heavy atom. The smallest absolute Gasteiger partial charge is 0.244 e. The summed E-state index contributed by atoms with van der Waals surface area (Å²) in [6.45, 7) is 1.92. The number of nitrogens with one attached hydrogen (secondary N) is 1. The lowest BCUT2D eigenvalue weighted by Crippen LogP contribution is -2.53. The predicted octanol–water partition coefficient (Wildman–Crippen LogP) is 5.71. The second-order valence-electron chi connectivity index (χ2n) is 14.0. The number of carbonyl (C=O) groups is 2. The molecule has 0 aliphatic heterocycles. The standard InChI is InChI=1S/C38H47N3O5S/c1-4-39-37(43)35(21-27-9-6-5-7-10-27)40(25-28-11-8-12-34(20-28)46-2)36(42)26-41(47(3,44)45)33-15-13-32(14-16-33)38-22-29-17-30(23-38)19-31(18-29)24-38/h5-16,20,29-31,35H,4,17-19,21-26H2,1-3H3,(H,39,43)/t29?,30?,31?,35-,38?/m1/s1. The minimum absolute atomic E-state index is 0.104. The minimum atomic E-state index is -3.84. The number of methoxy groups -OCH3 is 1. The fourth-order valence-electron chi connectivity index (χ4n) is 8.87. The second kappa shape index (κ2) is 13.7. The van der Waals surface area contributed by atoms with E-state index >= 15 is 0 Å². The van der Waals surface area contributed by atoms with Crippen LogP contribution >= 0.6 is 0 Å². The van der Waals surface area contributed by atoms with E-state index in [-0.39, 0.29) is 24.3 Å². The average molecular weight is 658 g/mol. The largest absolute Gasteiger partial charge is 0.497 e. The van der Waals surface area contributed by atoms with Gasteiger partial charge in [-0.3, -0.25) is 13.9 Å². The predicted molar refractivity (Wildman–Crippen MR) is 185 cm³/mol. The maximum atomic E-state index is 14.4. The molecule has 9 heteroatoms. The number of hydrogen-bond donors (Lipinski definition) is 1. The monoisotopic (exact) mass is 657 g/mol. The van der Waals surface area contributed by atoms with Gasteiger partial charge in [0.05, 0.1) is 19.1 Å². The van der Waals surface area contributed by atoms with Crippen molar-refractivity contribution in [3.8, 4) is 5.75 Å². The van der Waals surface area contributed by atoms with Crippen molar-refractivity contribution in [3.05, 3.63) is 95.6 Å². The number of benzene rings is 3. The summed E-state index contributed by atoms with van der Waals surface area (Å²) in [4.78, 5) is 29.5. The molecule has 0 heterocycles. The first-order valence-corrected chi connectivity index (χ1v) is 18.7. The summed E-state index contributed by atoms with van der Waals surface area (Å²) in [7, 11) is -2.26. The van der Waals surface area contributed by atoms with Gasteiger partial charge < -0.3 is 15.0 Å². The summed E-state index contributed by atoms with van der Waals surface area (Å²) >= 11 is 0. The number of hydrogen-bond acceptors (Lipinski definition) is 5. The maximum absolute atomic E-state index is 14.4. The molecule has 0 unspecified atom stereocenters. The molecule has 3 aromatic rings. The van der Waals surface area contributed by atoms with Crippen molar-refractivity contribution in [3.63, 3.8) is 0 Å². The molecule has 4 saturated carbocycles. The van der Waals surface area contributed by atoms with Crippen LogP contribution in [0.1, 0.15) is 62.1 Å². The Balaban J connectivity index is 1.30. The number of likely N-dealkylation sites (N-methyl/N-ethyl adjacent to an activating group) is 1. The minimum Gasteiger partial charge on any atom is -0.497 e. The number of ether oxygens (including phenoxy) is 1. The molecule has 47 heavy (non-hydrogen) atoms. The Hall–Kier alpha value is -3.85. The highest BCUT2D eigenvalue weighted by atomic mass is 32.2. The Morgan fingerprint density at radius 3 is 2.09 bits per heavy atom. The summed E-state index contributed by atoms with van der Waals surface area (Å²) in [5.74, 6) is 2.28. The third kappa shape index (κ3) is 7.35. The van der Waals surface area contributed by atoms with Gasteiger partial charge in [-0.25, -0.2) is 8.42 Å². The zero-order valence-corrected chi connectivity index (χ0v) is 28.5. The molecular formula is C38H47N3O5S. The van der Waals surface area contributed by atoms with E-state index in [1.54, 1.807) is 7.11 Å². The first kappa shape index (κ1) is 33.1. The van der Waals surface area contributed by atoms with Crippen molar-refractivity contribution in [2.75, 3.05) is 30.8 Å². The van der Waals surface area contributed by atoms with Crippen molar-refractivity contribution in [2.45, 2.75) is 69.9 Å². The number of nitrogens with zero attached hydrogens (tertiary/aromatic N) is 2. The number of carbonyl (C=O) groups excluding carboxylic acids is 2. The quantitative estimate of drug-likeness (QED) is 0.254. The van der Waals surface area contributed by atoms with Crippen molar-refractivity contribution in [1.82, 2.24) is 10.2 Å². The molecule has 1 atom stereocenters. The van der Waals surface area contributed by atoms with Crippen LogP contribution in [-0.2, 0) is 38.0 Å². The summed E-state index contributed by atoms with van der Waals surface area (Å²) in [6.07, 6.45) is 9.13. The molecule has 7 rings (SSSR count). The van der Waals surface area contributed by atoms with Crippen molar-refractivity contribution >= 4 is 27.5 Å². The van der Waals surface area contributed by atoms with E-state index in [1.807, 2.05) is 73.7 Å². The van der Waals surface area contributed by atoms with E-state index in [2.05, 4.69) is 17.4 Å². The molecule has 2 amide bonds. The van der Waals surface area contributed by atoms with E-state index in [0.717, 1.165) is 35.1 Å². The summed E-state index contributed by atoms with van der Waals surface area (Å²) in [5.41, 5.74) is 3.59. The topological polar surface area (TPSA) is 96.0 Å². The Labute approximate surface area is 279 Å². The third-order valence-corrected chi connectivity index (χ3v) is 11.7. The van der Waals surface area contributed by atoms with Gasteiger partial charge in [0.2, 0.25) is 21.8 Å². The van der Waals surface area contributed by atoms with Crippen LogP contribution in [0, 0.1) is 17.8 Å². The van der Waals surface area contributed by atoms with E-state index in [9.17, 15) is 18.0 Å². The highest BCUT2D eigenvalue weighted by Crippen LogP contribution is 2.60. The highest BCUT2D eigenvalue weighted by molar-refractivity contribution is 7.92. The van der Waals surface area contributed by atoms with Crippen LogP contribution in [0.2, 0.25) is 0 Å².